The largest absolute Gasteiger partial charge is 0.478 e. The third kappa shape index (κ3) is 3.61. The summed E-state index contributed by atoms with van der Waals surface area (Å²) in [4.78, 5) is 18.3. The van der Waals surface area contributed by atoms with E-state index < -0.39 is 21.6 Å². The molecular formula is C13H12N2O4S. The van der Waals surface area contributed by atoms with Gasteiger partial charge in [0.15, 0.2) is 9.84 Å². The van der Waals surface area contributed by atoms with Crippen LogP contribution in [0.5, 0.6) is 0 Å². The Kier molecular flexibility index (Phi) is 4.09. The second-order valence-corrected chi connectivity index (χ2v) is 6.27. The lowest BCUT2D eigenvalue weighted by atomic mass is 10.2. The predicted octanol–water partition coefficient (Wildman–Crippen LogP) is 1.29. The molecule has 0 bridgehead atoms. The zero-order valence-corrected chi connectivity index (χ0v) is 11.2. The maximum absolute atomic E-state index is 12.1. The minimum Gasteiger partial charge on any atom is -0.478 e. The fourth-order valence-corrected chi connectivity index (χ4v) is 3.19. The van der Waals surface area contributed by atoms with Crippen molar-refractivity contribution in [1.29, 1.82) is 0 Å². The van der Waals surface area contributed by atoms with Crippen LogP contribution in [0.2, 0.25) is 0 Å². The smallest absolute Gasteiger partial charge is 0.339 e. The summed E-state index contributed by atoms with van der Waals surface area (Å²) in [5.41, 5.74) is 0.464. The van der Waals surface area contributed by atoms with Gasteiger partial charge in [0.2, 0.25) is 0 Å². The van der Waals surface area contributed by atoms with E-state index in [1.54, 1.807) is 30.3 Å². The van der Waals surface area contributed by atoms with Gasteiger partial charge < -0.3 is 5.11 Å². The van der Waals surface area contributed by atoms with Crippen molar-refractivity contribution >= 4 is 15.8 Å². The second kappa shape index (κ2) is 5.79. The van der Waals surface area contributed by atoms with Crippen molar-refractivity contribution in [3.8, 4) is 0 Å². The van der Waals surface area contributed by atoms with Gasteiger partial charge >= 0.3 is 5.97 Å². The number of aromatic nitrogens is 2. The first-order valence-electron chi connectivity index (χ1n) is 5.74. The Hall–Kier alpha value is -2.28. The molecule has 0 aliphatic heterocycles. The van der Waals surface area contributed by atoms with Crippen LogP contribution in [0.1, 0.15) is 21.6 Å². The molecular weight excluding hydrogens is 280 g/mol. The van der Waals surface area contributed by atoms with Crippen LogP contribution >= 0.6 is 0 Å². The van der Waals surface area contributed by atoms with Crippen molar-refractivity contribution in [2.45, 2.75) is 11.5 Å². The van der Waals surface area contributed by atoms with Gasteiger partial charge in [0.25, 0.3) is 0 Å². The number of aromatic carboxylic acids is 1. The Morgan fingerprint density at radius 3 is 2.50 bits per heavy atom. The maximum Gasteiger partial charge on any atom is 0.339 e. The molecule has 1 N–H and O–H groups in total. The van der Waals surface area contributed by atoms with Gasteiger partial charge in [-0.15, -0.1) is 0 Å². The van der Waals surface area contributed by atoms with Crippen molar-refractivity contribution in [2.24, 2.45) is 0 Å². The molecule has 0 radical (unpaired) electrons. The quantitative estimate of drug-likeness (QED) is 0.891. The number of benzene rings is 1. The average molecular weight is 292 g/mol. The lowest BCUT2D eigenvalue weighted by Gasteiger charge is -2.06. The van der Waals surface area contributed by atoms with E-state index in [4.69, 9.17) is 5.11 Å². The lowest BCUT2D eigenvalue weighted by molar-refractivity contribution is 0.0695. The summed E-state index contributed by atoms with van der Waals surface area (Å²) in [6.07, 6.45) is 2.24. The van der Waals surface area contributed by atoms with Gasteiger partial charge in [0.1, 0.15) is 11.9 Å². The number of carboxylic acids is 1. The van der Waals surface area contributed by atoms with Crippen molar-refractivity contribution in [3.05, 3.63) is 59.7 Å². The Balaban J connectivity index is 2.23. The van der Waals surface area contributed by atoms with Crippen LogP contribution in [0.15, 0.2) is 42.9 Å². The standard InChI is InChI=1S/C13H12N2O4S/c16-13(17)11-6-14-9-15-12(11)8-20(18,19)7-10-4-2-1-3-5-10/h1-6,9H,7-8H2,(H,16,17). The van der Waals surface area contributed by atoms with Gasteiger partial charge in [-0.3, -0.25) is 0 Å². The van der Waals surface area contributed by atoms with Crippen LogP contribution in [0.25, 0.3) is 0 Å². The molecule has 7 heteroatoms. The number of carboxylic acid groups (broad SMARTS) is 1. The van der Waals surface area contributed by atoms with Gasteiger partial charge in [-0.25, -0.2) is 23.2 Å². The summed E-state index contributed by atoms with van der Waals surface area (Å²) < 4.78 is 24.2. The number of hydrogen-bond acceptors (Lipinski definition) is 5. The fourth-order valence-electron chi connectivity index (χ4n) is 1.74. The summed E-state index contributed by atoms with van der Waals surface area (Å²) in [6, 6.07) is 8.70. The van der Waals surface area contributed by atoms with Crippen LogP contribution in [-0.4, -0.2) is 29.5 Å². The number of nitrogens with zero attached hydrogens (tertiary/aromatic N) is 2. The summed E-state index contributed by atoms with van der Waals surface area (Å²) in [5.74, 6) is -1.82. The van der Waals surface area contributed by atoms with Crippen molar-refractivity contribution in [1.82, 2.24) is 9.97 Å². The zero-order chi connectivity index (χ0) is 14.6. The zero-order valence-electron chi connectivity index (χ0n) is 10.4. The third-order valence-corrected chi connectivity index (χ3v) is 4.10. The van der Waals surface area contributed by atoms with E-state index in [9.17, 15) is 13.2 Å². The Bertz CT molecular complexity index is 714. The highest BCUT2D eigenvalue weighted by atomic mass is 32.2. The monoisotopic (exact) mass is 292 g/mol. The number of rotatable bonds is 5. The average Bonchev–Trinajstić information content (AvgIpc) is 2.39. The molecule has 0 atom stereocenters. The first kappa shape index (κ1) is 14.1. The van der Waals surface area contributed by atoms with E-state index in [0.717, 1.165) is 12.5 Å². The van der Waals surface area contributed by atoms with Crippen molar-refractivity contribution in [2.75, 3.05) is 0 Å². The van der Waals surface area contributed by atoms with Crippen molar-refractivity contribution < 1.29 is 18.3 Å². The molecule has 2 aromatic rings. The molecule has 0 saturated carbocycles. The summed E-state index contributed by atoms with van der Waals surface area (Å²) in [5, 5.41) is 8.98. The molecule has 104 valence electrons. The minimum absolute atomic E-state index is 0.00318. The third-order valence-electron chi connectivity index (χ3n) is 2.61. The highest BCUT2D eigenvalue weighted by Gasteiger charge is 2.19. The molecule has 0 fully saturated rings. The predicted molar refractivity (Wildman–Crippen MR) is 71.8 cm³/mol. The molecule has 0 amide bonds. The SMILES string of the molecule is O=C(O)c1cncnc1CS(=O)(=O)Cc1ccccc1. The van der Waals surface area contributed by atoms with Gasteiger partial charge in [-0.1, -0.05) is 30.3 Å². The molecule has 0 spiro atoms. The fraction of sp³-hybridized carbons (Fsp3) is 0.154. The molecule has 0 unspecified atom stereocenters. The molecule has 6 nitrogen and oxygen atoms in total. The first-order valence-corrected chi connectivity index (χ1v) is 7.56. The van der Waals surface area contributed by atoms with E-state index in [2.05, 4.69) is 9.97 Å². The summed E-state index contributed by atoms with van der Waals surface area (Å²) >= 11 is 0. The Morgan fingerprint density at radius 2 is 1.85 bits per heavy atom. The van der Waals surface area contributed by atoms with Crippen LogP contribution in [-0.2, 0) is 21.3 Å². The Morgan fingerprint density at radius 1 is 1.15 bits per heavy atom. The van der Waals surface area contributed by atoms with E-state index in [1.165, 1.54) is 0 Å². The summed E-state index contributed by atoms with van der Waals surface area (Å²) in [6.45, 7) is 0. The van der Waals surface area contributed by atoms with Gasteiger partial charge in [0, 0.05) is 6.20 Å². The second-order valence-electron chi connectivity index (χ2n) is 4.21. The molecule has 1 heterocycles. The van der Waals surface area contributed by atoms with Gasteiger partial charge in [-0.05, 0) is 5.56 Å². The van der Waals surface area contributed by atoms with E-state index >= 15 is 0 Å². The number of carbonyl (C=O) groups is 1. The lowest BCUT2D eigenvalue weighted by Crippen LogP contribution is -2.13. The van der Waals surface area contributed by atoms with Gasteiger partial charge in [0.05, 0.1) is 17.2 Å². The topological polar surface area (TPSA) is 97.2 Å². The van der Waals surface area contributed by atoms with Crippen LogP contribution in [0.3, 0.4) is 0 Å². The number of sulfone groups is 1. The van der Waals surface area contributed by atoms with Crippen LogP contribution in [0, 0.1) is 0 Å². The maximum atomic E-state index is 12.1. The molecule has 0 aliphatic carbocycles. The molecule has 0 aliphatic rings. The van der Waals surface area contributed by atoms with Crippen molar-refractivity contribution in [3.63, 3.8) is 0 Å². The molecule has 20 heavy (non-hydrogen) atoms. The molecule has 0 saturated heterocycles. The van der Waals surface area contributed by atoms with Crippen LogP contribution in [0.4, 0.5) is 0 Å². The Labute approximate surface area is 116 Å². The van der Waals surface area contributed by atoms with Crippen LogP contribution < -0.4 is 0 Å². The molecule has 1 aromatic carbocycles. The summed E-state index contributed by atoms with van der Waals surface area (Å²) in [7, 11) is -3.50. The van der Waals surface area contributed by atoms with Gasteiger partial charge in [-0.2, -0.15) is 0 Å². The van der Waals surface area contributed by atoms with E-state index in [0.29, 0.717) is 5.56 Å². The normalized spacial score (nSPS) is 11.2. The molecule has 1 aromatic heterocycles. The highest BCUT2D eigenvalue weighted by molar-refractivity contribution is 7.89. The number of hydrogen-bond donors (Lipinski definition) is 1. The van der Waals surface area contributed by atoms with E-state index in [1.807, 2.05) is 0 Å². The molecule has 2 rings (SSSR count). The first-order chi connectivity index (χ1) is 9.48. The minimum atomic E-state index is -3.50. The van der Waals surface area contributed by atoms with E-state index in [-0.39, 0.29) is 17.0 Å². The highest BCUT2D eigenvalue weighted by Crippen LogP contribution is 2.13.